The minimum atomic E-state index is -1.04. The first kappa shape index (κ1) is 20.1. The van der Waals surface area contributed by atoms with E-state index in [9.17, 15) is 4.79 Å². The second-order valence-corrected chi connectivity index (χ2v) is 6.18. The minimum absolute atomic E-state index is 0.0944. The van der Waals surface area contributed by atoms with Crippen LogP contribution in [0.3, 0.4) is 0 Å². The molecule has 0 saturated carbocycles. The minimum Gasteiger partial charge on any atom is -0.352 e. The molecule has 1 unspecified atom stereocenters. The third-order valence-electron chi connectivity index (χ3n) is 4.28. The molecule has 0 N–H and O–H groups in total. The fourth-order valence-electron chi connectivity index (χ4n) is 2.70. The summed E-state index contributed by atoms with van der Waals surface area (Å²) in [6, 6.07) is 0. The second kappa shape index (κ2) is 7.99. The van der Waals surface area contributed by atoms with E-state index in [2.05, 4.69) is 5.10 Å². The van der Waals surface area contributed by atoms with Crippen LogP contribution in [-0.2, 0) is 18.9 Å². The summed E-state index contributed by atoms with van der Waals surface area (Å²) in [4.78, 5) is 12.1. The van der Waals surface area contributed by atoms with Crippen LogP contribution in [0.4, 0.5) is 0 Å². The monoisotopic (exact) mass is 390 g/mol. The molecular formula is C16H20Cl2N2O5. The van der Waals surface area contributed by atoms with Crippen molar-refractivity contribution in [3.05, 3.63) is 44.8 Å². The van der Waals surface area contributed by atoms with Crippen LogP contribution in [-0.4, -0.2) is 49.8 Å². The number of halogens is 2. The zero-order valence-electron chi connectivity index (χ0n) is 14.4. The van der Waals surface area contributed by atoms with Gasteiger partial charge in [-0.1, -0.05) is 35.4 Å². The number of ether oxygens (including phenoxy) is 4. The van der Waals surface area contributed by atoms with Crippen molar-refractivity contribution in [3.63, 3.8) is 0 Å². The highest BCUT2D eigenvalue weighted by Crippen LogP contribution is 2.40. The van der Waals surface area contributed by atoms with Gasteiger partial charge in [0.05, 0.1) is 23.6 Å². The van der Waals surface area contributed by atoms with Gasteiger partial charge in [-0.05, 0) is 6.08 Å². The van der Waals surface area contributed by atoms with E-state index < -0.39 is 17.1 Å². The summed E-state index contributed by atoms with van der Waals surface area (Å²) in [6.45, 7) is 0. The zero-order chi connectivity index (χ0) is 18.7. The topological polar surface area (TPSA) is 71.8 Å². The van der Waals surface area contributed by atoms with Crippen LogP contribution in [0.15, 0.2) is 29.2 Å². The Morgan fingerprint density at radius 1 is 1.20 bits per heavy atom. The molecule has 138 valence electrons. The van der Waals surface area contributed by atoms with Gasteiger partial charge in [-0.15, -0.1) is 0 Å². The van der Waals surface area contributed by atoms with Gasteiger partial charge in [0.25, 0.3) is 5.56 Å². The molecule has 1 heterocycles. The molecule has 0 spiro atoms. The number of nitrogens with zero attached hydrogens (tertiary/aromatic N) is 2. The predicted octanol–water partition coefficient (Wildman–Crippen LogP) is 2.58. The van der Waals surface area contributed by atoms with E-state index in [-0.39, 0.29) is 22.4 Å². The molecule has 0 radical (unpaired) electrons. The quantitative estimate of drug-likeness (QED) is 0.548. The van der Waals surface area contributed by atoms with Gasteiger partial charge in [0, 0.05) is 34.6 Å². The van der Waals surface area contributed by atoms with Crippen molar-refractivity contribution >= 4 is 29.4 Å². The zero-order valence-corrected chi connectivity index (χ0v) is 15.9. The average molecular weight is 391 g/mol. The highest BCUT2D eigenvalue weighted by Gasteiger charge is 2.48. The molecule has 0 bridgehead atoms. The standard InChI is InChI=1S/C16H20Cl2N2O5/c1-22-15(23-2)7-5-11(16(10-15,24-3)25-4)6-8-20-14(21)13(18)12(17)9-19-20/h5-9,11H,10H2,1-4H3/b8-6+. The molecule has 2 rings (SSSR count). The molecule has 1 aliphatic rings. The summed E-state index contributed by atoms with van der Waals surface area (Å²) < 4.78 is 23.2. The second-order valence-electron chi connectivity index (χ2n) is 5.40. The summed E-state index contributed by atoms with van der Waals surface area (Å²) in [5, 5.41) is 3.93. The molecule has 7 nitrogen and oxygen atoms in total. The predicted molar refractivity (Wildman–Crippen MR) is 94.6 cm³/mol. The van der Waals surface area contributed by atoms with Crippen LogP contribution in [0.2, 0.25) is 10.0 Å². The number of methoxy groups -OCH3 is 4. The van der Waals surface area contributed by atoms with Crippen molar-refractivity contribution in [1.29, 1.82) is 0 Å². The summed E-state index contributed by atoms with van der Waals surface area (Å²) in [5.41, 5.74) is -0.520. The lowest BCUT2D eigenvalue weighted by Gasteiger charge is -2.44. The average Bonchev–Trinajstić information content (AvgIpc) is 2.65. The molecule has 1 aromatic heterocycles. The highest BCUT2D eigenvalue weighted by atomic mass is 35.5. The SMILES string of the molecule is COC1(OC)C=CC(/C=C/n2ncc(Cl)c(Cl)c2=O)C(OC)(OC)C1. The van der Waals surface area contributed by atoms with Crippen molar-refractivity contribution < 1.29 is 18.9 Å². The van der Waals surface area contributed by atoms with Crippen LogP contribution in [0.1, 0.15) is 6.42 Å². The van der Waals surface area contributed by atoms with E-state index >= 15 is 0 Å². The number of aromatic nitrogens is 2. The van der Waals surface area contributed by atoms with E-state index in [1.54, 1.807) is 26.4 Å². The molecule has 1 aliphatic carbocycles. The van der Waals surface area contributed by atoms with Crippen LogP contribution in [0.5, 0.6) is 0 Å². The lowest BCUT2D eigenvalue weighted by atomic mass is 9.85. The lowest BCUT2D eigenvalue weighted by Crippen LogP contribution is -2.52. The maximum atomic E-state index is 12.1. The summed E-state index contributed by atoms with van der Waals surface area (Å²) in [7, 11) is 6.14. The van der Waals surface area contributed by atoms with Gasteiger partial charge in [0.15, 0.2) is 11.6 Å². The van der Waals surface area contributed by atoms with Crippen molar-refractivity contribution in [2.24, 2.45) is 5.92 Å². The van der Waals surface area contributed by atoms with E-state index in [4.69, 9.17) is 42.1 Å². The highest BCUT2D eigenvalue weighted by molar-refractivity contribution is 6.41. The Hall–Kier alpha value is -1.22. The number of hydrogen-bond acceptors (Lipinski definition) is 6. The Morgan fingerprint density at radius 2 is 1.84 bits per heavy atom. The molecular weight excluding hydrogens is 371 g/mol. The van der Waals surface area contributed by atoms with E-state index in [1.807, 2.05) is 6.08 Å². The van der Waals surface area contributed by atoms with Gasteiger partial charge in [-0.25, -0.2) is 4.68 Å². The molecule has 0 saturated heterocycles. The molecule has 1 aromatic rings. The molecule has 1 atom stereocenters. The smallest absolute Gasteiger partial charge is 0.291 e. The molecule has 0 aliphatic heterocycles. The summed E-state index contributed by atoms with van der Waals surface area (Å²) in [6.07, 6.45) is 8.39. The fraction of sp³-hybridized carbons (Fsp3) is 0.500. The van der Waals surface area contributed by atoms with E-state index in [1.165, 1.54) is 26.6 Å². The number of rotatable bonds is 6. The Kier molecular flexibility index (Phi) is 6.42. The molecule has 0 amide bonds. The van der Waals surface area contributed by atoms with Crippen LogP contribution in [0.25, 0.3) is 6.20 Å². The third kappa shape index (κ3) is 3.81. The molecule has 0 fully saturated rings. The Labute approximate surface area is 155 Å². The first-order chi connectivity index (χ1) is 11.9. The first-order valence-electron chi connectivity index (χ1n) is 7.38. The van der Waals surface area contributed by atoms with Gasteiger partial charge in [0.2, 0.25) is 0 Å². The van der Waals surface area contributed by atoms with Crippen molar-refractivity contribution in [2.45, 2.75) is 18.0 Å². The lowest BCUT2D eigenvalue weighted by molar-refractivity contribution is -0.290. The maximum absolute atomic E-state index is 12.1. The fourth-order valence-corrected chi connectivity index (χ4v) is 2.96. The summed E-state index contributed by atoms with van der Waals surface area (Å²) >= 11 is 11.6. The van der Waals surface area contributed by atoms with E-state index in [0.717, 1.165) is 4.68 Å². The normalized spacial score (nSPS) is 21.8. The number of hydrogen-bond donors (Lipinski definition) is 0. The largest absolute Gasteiger partial charge is 0.352 e. The van der Waals surface area contributed by atoms with Crippen LogP contribution < -0.4 is 5.56 Å². The Balaban J connectivity index is 2.40. The molecule has 9 heteroatoms. The first-order valence-corrected chi connectivity index (χ1v) is 8.13. The molecule has 0 aromatic carbocycles. The van der Waals surface area contributed by atoms with Crippen LogP contribution in [0, 0.1) is 5.92 Å². The van der Waals surface area contributed by atoms with E-state index in [0.29, 0.717) is 0 Å². The van der Waals surface area contributed by atoms with Gasteiger partial charge >= 0.3 is 0 Å². The van der Waals surface area contributed by atoms with Gasteiger partial charge < -0.3 is 18.9 Å². The van der Waals surface area contributed by atoms with Gasteiger partial charge in [-0.2, -0.15) is 5.10 Å². The van der Waals surface area contributed by atoms with Gasteiger partial charge in [-0.3, -0.25) is 4.79 Å². The Morgan fingerprint density at radius 3 is 2.40 bits per heavy atom. The van der Waals surface area contributed by atoms with Crippen molar-refractivity contribution in [2.75, 3.05) is 28.4 Å². The molecule has 25 heavy (non-hydrogen) atoms. The maximum Gasteiger partial charge on any atom is 0.291 e. The third-order valence-corrected chi connectivity index (χ3v) is 5.02. The van der Waals surface area contributed by atoms with Crippen LogP contribution >= 0.6 is 23.2 Å². The Bertz CT molecular complexity index is 724. The summed E-state index contributed by atoms with van der Waals surface area (Å²) in [5.74, 6) is -2.34. The van der Waals surface area contributed by atoms with Crippen molar-refractivity contribution in [3.8, 4) is 0 Å². The van der Waals surface area contributed by atoms with Crippen molar-refractivity contribution in [1.82, 2.24) is 9.78 Å². The van der Waals surface area contributed by atoms with Gasteiger partial charge in [0.1, 0.15) is 5.02 Å².